The first kappa shape index (κ1) is 12.8. The summed E-state index contributed by atoms with van der Waals surface area (Å²) in [6.07, 6.45) is 1.73. The Morgan fingerprint density at radius 3 is 2.50 bits per heavy atom. The van der Waals surface area contributed by atoms with Gasteiger partial charge < -0.3 is 4.90 Å². The van der Waals surface area contributed by atoms with Crippen molar-refractivity contribution in [1.82, 2.24) is 4.98 Å². The lowest BCUT2D eigenvalue weighted by molar-refractivity contribution is -0.116. The fraction of sp³-hybridized carbons (Fsp3) is 0.143. The Morgan fingerprint density at radius 1 is 1.22 bits per heavy atom. The SMILES string of the molecule is CC(=O)N(Cc1ccccn1)c1ccc(Br)cc1. The summed E-state index contributed by atoms with van der Waals surface area (Å²) in [5.41, 5.74) is 1.74. The fourth-order valence-corrected chi connectivity index (χ4v) is 1.92. The highest BCUT2D eigenvalue weighted by molar-refractivity contribution is 9.10. The molecule has 0 bridgehead atoms. The molecule has 3 nitrogen and oxygen atoms in total. The number of nitrogens with zero attached hydrogens (tertiary/aromatic N) is 2. The lowest BCUT2D eigenvalue weighted by Crippen LogP contribution is -2.28. The van der Waals surface area contributed by atoms with E-state index in [0.29, 0.717) is 6.54 Å². The maximum absolute atomic E-state index is 11.7. The minimum absolute atomic E-state index is 0.00276. The summed E-state index contributed by atoms with van der Waals surface area (Å²) < 4.78 is 0.993. The van der Waals surface area contributed by atoms with Gasteiger partial charge in [-0.3, -0.25) is 9.78 Å². The number of rotatable bonds is 3. The Balaban J connectivity index is 2.24. The highest BCUT2D eigenvalue weighted by Gasteiger charge is 2.12. The summed E-state index contributed by atoms with van der Waals surface area (Å²) >= 11 is 3.38. The van der Waals surface area contributed by atoms with Crippen LogP contribution in [0, 0.1) is 0 Å². The molecule has 1 amide bonds. The number of anilines is 1. The van der Waals surface area contributed by atoms with Gasteiger partial charge in [-0.05, 0) is 36.4 Å². The van der Waals surface area contributed by atoms with E-state index in [2.05, 4.69) is 20.9 Å². The Kier molecular flexibility index (Phi) is 4.10. The van der Waals surface area contributed by atoms with Crippen LogP contribution in [-0.2, 0) is 11.3 Å². The third kappa shape index (κ3) is 3.17. The first-order valence-electron chi connectivity index (χ1n) is 5.60. The van der Waals surface area contributed by atoms with Gasteiger partial charge in [-0.2, -0.15) is 0 Å². The molecule has 0 aliphatic carbocycles. The van der Waals surface area contributed by atoms with Crippen LogP contribution in [-0.4, -0.2) is 10.9 Å². The average Bonchev–Trinajstić information content (AvgIpc) is 2.38. The minimum Gasteiger partial charge on any atom is -0.307 e. The number of aromatic nitrogens is 1. The molecule has 18 heavy (non-hydrogen) atoms. The van der Waals surface area contributed by atoms with Gasteiger partial charge >= 0.3 is 0 Å². The number of pyridine rings is 1. The molecule has 0 saturated heterocycles. The predicted octanol–water partition coefficient (Wildman–Crippen LogP) is 3.40. The van der Waals surface area contributed by atoms with E-state index in [1.165, 1.54) is 0 Å². The van der Waals surface area contributed by atoms with Crippen LogP contribution in [0.3, 0.4) is 0 Å². The summed E-state index contributed by atoms with van der Waals surface area (Å²) in [7, 11) is 0. The van der Waals surface area contributed by atoms with Crippen molar-refractivity contribution < 1.29 is 4.79 Å². The van der Waals surface area contributed by atoms with Crippen molar-refractivity contribution in [2.75, 3.05) is 4.90 Å². The van der Waals surface area contributed by atoms with E-state index < -0.39 is 0 Å². The van der Waals surface area contributed by atoms with E-state index in [9.17, 15) is 4.79 Å². The molecule has 0 aliphatic rings. The molecule has 1 aromatic carbocycles. The zero-order valence-electron chi connectivity index (χ0n) is 10.0. The molecule has 1 heterocycles. The molecule has 2 rings (SSSR count). The van der Waals surface area contributed by atoms with E-state index in [0.717, 1.165) is 15.9 Å². The number of carbonyl (C=O) groups is 1. The summed E-state index contributed by atoms with van der Waals surface area (Å²) in [4.78, 5) is 17.7. The van der Waals surface area contributed by atoms with Crippen LogP contribution in [0.25, 0.3) is 0 Å². The second-order valence-corrected chi connectivity index (χ2v) is 4.82. The van der Waals surface area contributed by atoms with Gasteiger partial charge in [-0.15, -0.1) is 0 Å². The summed E-state index contributed by atoms with van der Waals surface area (Å²) in [6, 6.07) is 13.4. The van der Waals surface area contributed by atoms with Gasteiger partial charge in [0.1, 0.15) is 0 Å². The van der Waals surface area contributed by atoms with Gasteiger partial charge in [0.25, 0.3) is 0 Å². The van der Waals surface area contributed by atoms with Gasteiger partial charge in [0.15, 0.2) is 0 Å². The molecule has 0 spiro atoms. The van der Waals surface area contributed by atoms with Gasteiger partial charge in [-0.1, -0.05) is 22.0 Å². The first-order valence-corrected chi connectivity index (χ1v) is 6.39. The van der Waals surface area contributed by atoms with E-state index in [-0.39, 0.29) is 5.91 Å². The molecule has 0 atom stereocenters. The number of carbonyl (C=O) groups excluding carboxylic acids is 1. The molecule has 0 saturated carbocycles. The van der Waals surface area contributed by atoms with Crippen molar-refractivity contribution in [2.24, 2.45) is 0 Å². The number of benzene rings is 1. The summed E-state index contributed by atoms with van der Waals surface area (Å²) in [6.45, 7) is 2.04. The van der Waals surface area contributed by atoms with Crippen LogP contribution in [0.2, 0.25) is 0 Å². The highest BCUT2D eigenvalue weighted by Crippen LogP contribution is 2.20. The highest BCUT2D eigenvalue weighted by atomic mass is 79.9. The maximum atomic E-state index is 11.7. The lowest BCUT2D eigenvalue weighted by atomic mass is 10.2. The minimum atomic E-state index is 0.00276. The quantitative estimate of drug-likeness (QED) is 0.871. The molecule has 0 unspecified atom stereocenters. The normalized spacial score (nSPS) is 10.1. The average molecular weight is 305 g/mol. The van der Waals surface area contributed by atoms with Crippen LogP contribution in [0.5, 0.6) is 0 Å². The molecule has 92 valence electrons. The van der Waals surface area contributed by atoms with E-state index in [1.807, 2.05) is 42.5 Å². The third-order valence-electron chi connectivity index (χ3n) is 2.56. The Labute approximate surface area is 115 Å². The third-order valence-corrected chi connectivity index (χ3v) is 3.09. The van der Waals surface area contributed by atoms with Gasteiger partial charge in [0.2, 0.25) is 5.91 Å². The van der Waals surface area contributed by atoms with Crippen LogP contribution in [0.4, 0.5) is 5.69 Å². The molecular weight excluding hydrogens is 292 g/mol. The van der Waals surface area contributed by atoms with Crippen molar-refractivity contribution in [3.05, 3.63) is 58.8 Å². The molecule has 2 aromatic rings. The molecule has 0 aliphatic heterocycles. The molecule has 4 heteroatoms. The molecule has 1 aromatic heterocycles. The molecule has 0 N–H and O–H groups in total. The van der Waals surface area contributed by atoms with E-state index >= 15 is 0 Å². The van der Waals surface area contributed by atoms with Gasteiger partial charge in [0.05, 0.1) is 12.2 Å². The maximum Gasteiger partial charge on any atom is 0.224 e. The lowest BCUT2D eigenvalue weighted by Gasteiger charge is -2.20. The fourth-order valence-electron chi connectivity index (χ4n) is 1.66. The summed E-state index contributed by atoms with van der Waals surface area (Å²) in [5, 5.41) is 0. The van der Waals surface area contributed by atoms with E-state index in [1.54, 1.807) is 18.0 Å². The van der Waals surface area contributed by atoms with Crippen molar-refractivity contribution >= 4 is 27.5 Å². The Hall–Kier alpha value is -1.68. The van der Waals surface area contributed by atoms with E-state index in [4.69, 9.17) is 0 Å². The standard InChI is InChI=1S/C14H13BrN2O/c1-11(18)17(10-13-4-2-3-9-16-13)14-7-5-12(15)6-8-14/h2-9H,10H2,1H3. The zero-order valence-corrected chi connectivity index (χ0v) is 11.6. The molecular formula is C14H13BrN2O. The van der Waals surface area contributed by atoms with Crippen molar-refractivity contribution in [2.45, 2.75) is 13.5 Å². The Bertz CT molecular complexity index is 525. The van der Waals surface area contributed by atoms with Crippen LogP contribution in [0.1, 0.15) is 12.6 Å². The zero-order chi connectivity index (χ0) is 13.0. The van der Waals surface area contributed by atoms with Crippen molar-refractivity contribution in [3.63, 3.8) is 0 Å². The number of hydrogen-bond donors (Lipinski definition) is 0. The van der Waals surface area contributed by atoms with Gasteiger partial charge in [-0.25, -0.2) is 0 Å². The molecule has 0 fully saturated rings. The smallest absolute Gasteiger partial charge is 0.224 e. The summed E-state index contributed by atoms with van der Waals surface area (Å²) in [5.74, 6) is 0.00276. The second-order valence-electron chi connectivity index (χ2n) is 3.90. The first-order chi connectivity index (χ1) is 8.66. The second kappa shape index (κ2) is 5.78. The molecule has 0 radical (unpaired) electrons. The van der Waals surface area contributed by atoms with Gasteiger partial charge in [0, 0.05) is 23.3 Å². The number of hydrogen-bond acceptors (Lipinski definition) is 2. The van der Waals surface area contributed by atoms with Crippen molar-refractivity contribution in [3.8, 4) is 0 Å². The number of halogens is 1. The largest absolute Gasteiger partial charge is 0.307 e. The van der Waals surface area contributed by atoms with Crippen LogP contribution in [0.15, 0.2) is 53.1 Å². The monoisotopic (exact) mass is 304 g/mol. The topological polar surface area (TPSA) is 33.2 Å². The van der Waals surface area contributed by atoms with Crippen molar-refractivity contribution in [1.29, 1.82) is 0 Å². The predicted molar refractivity (Wildman–Crippen MR) is 75.2 cm³/mol. The van der Waals surface area contributed by atoms with Crippen LogP contribution < -0.4 is 4.90 Å². The van der Waals surface area contributed by atoms with Crippen LogP contribution >= 0.6 is 15.9 Å². The number of amides is 1. The Morgan fingerprint density at radius 2 is 1.94 bits per heavy atom.